The van der Waals surface area contributed by atoms with Gasteiger partial charge in [-0.3, -0.25) is 4.79 Å². The summed E-state index contributed by atoms with van der Waals surface area (Å²) in [5, 5.41) is 7.41. The summed E-state index contributed by atoms with van der Waals surface area (Å²) in [4.78, 5) is 23.8. The maximum absolute atomic E-state index is 12.9. The van der Waals surface area contributed by atoms with Gasteiger partial charge in [-0.2, -0.15) is 5.10 Å². The zero-order valence-electron chi connectivity index (χ0n) is 16.8. The molecule has 0 aliphatic carbocycles. The molecule has 0 fully saturated rings. The van der Waals surface area contributed by atoms with Crippen LogP contribution in [0.4, 0.5) is 4.39 Å². The van der Waals surface area contributed by atoms with Crippen LogP contribution in [0.3, 0.4) is 0 Å². The van der Waals surface area contributed by atoms with Gasteiger partial charge in [0.1, 0.15) is 11.0 Å². The molecule has 1 aromatic heterocycles. The van der Waals surface area contributed by atoms with E-state index in [1.807, 2.05) is 30.3 Å². The molecule has 1 heterocycles. The van der Waals surface area contributed by atoms with Crippen molar-refractivity contribution in [3.05, 3.63) is 88.5 Å². The number of halogens is 2. The van der Waals surface area contributed by atoms with E-state index in [9.17, 15) is 14.0 Å². The monoisotopic (exact) mass is 441 g/mol. The predicted octanol–water partition coefficient (Wildman–Crippen LogP) is 3.89. The molecule has 160 valence electrons. The van der Waals surface area contributed by atoms with Crippen molar-refractivity contribution in [2.45, 2.75) is 13.3 Å². The molecule has 2 aromatic carbocycles. The third kappa shape index (κ3) is 6.26. The minimum absolute atomic E-state index is 0.309. The Morgan fingerprint density at radius 3 is 2.58 bits per heavy atom. The highest BCUT2D eigenvalue weighted by Gasteiger charge is 2.13. The first kappa shape index (κ1) is 22.2. The minimum atomic E-state index is -0.670. The zero-order valence-corrected chi connectivity index (χ0v) is 17.6. The fourth-order valence-electron chi connectivity index (χ4n) is 2.83. The van der Waals surface area contributed by atoms with Gasteiger partial charge in [0.15, 0.2) is 6.61 Å². The Bertz CT molecular complexity index is 1080. The van der Waals surface area contributed by atoms with Crippen LogP contribution < -0.4 is 5.32 Å². The molecule has 0 atom stereocenters. The van der Waals surface area contributed by atoms with Crippen molar-refractivity contribution in [2.75, 3.05) is 13.2 Å². The summed E-state index contributed by atoms with van der Waals surface area (Å²) in [5.74, 6) is -1.40. The van der Waals surface area contributed by atoms with Crippen molar-refractivity contribution in [1.29, 1.82) is 0 Å². The molecule has 0 aliphatic rings. The average molecular weight is 442 g/mol. The predicted molar refractivity (Wildman–Crippen MR) is 116 cm³/mol. The molecule has 31 heavy (non-hydrogen) atoms. The van der Waals surface area contributed by atoms with Gasteiger partial charge in [-0.25, -0.2) is 13.9 Å². The van der Waals surface area contributed by atoms with Crippen LogP contribution in [0.15, 0.2) is 60.7 Å². The summed E-state index contributed by atoms with van der Waals surface area (Å²) in [5.41, 5.74) is 2.93. The molecule has 0 bridgehead atoms. The second kappa shape index (κ2) is 10.5. The Labute approximate surface area is 184 Å². The fraction of sp³-hybridized carbons (Fsp3) is 0.174. The molecule has 0 spiro atoms. The second-order valence-electron chi connectivity index (χ2n) is 6.70. The van der Waals surface area contributed by atoms with Crippen LogP contribution in [0.5, 0.6) is 0 Å². The largest absolute Gasteiger partial charge is 0.452 e. The topological polar surface area (TPSA) is 73.2 Å². The summed E-state index contributed by atoms with van der Waals surface area (Å²) >= 11 is 6.40. The van der Waals surface area contributed by atoms with Crippen molar-refractivity contribution in [3.8, 4) is 5.69 Å². The molecule has 0 saturated heterocycles. The lowest BCUT2D eigenvalue weighted by atomic mass is 10.1. The van der Waals surface area contributed by atoms with Crippen molar-refractivity contribution < 1.29 is 18.7 Å². The van der Waals surface area contributed by atoms with Crippen LogP contribution in [-0.4, -0.2) is 34.8 Å². The minimum Gasteiger partial charge on any atom is -0.452 e. The third-order valence-electron chi connectivity index (χ3n) is 4.43. The summed E-state index contributed by atoms with van der Waals surface area (Å²) in [6.45, 7) is 1.73. The van der Waals surface area contributed by atoms with Crippen molar-refractivity contribution in [2.24, 2.45) is 0 Å². The molecule has 1 amide bonds. The number of aryl methyl sites for hydroxylation is 1. The van der Waals surface area contributed by atoms with E-state index < -0.39 is 18.5 Å². The van der Waals surface area contributed by atoms with Crippen LogP contribution >= 0.6 is 11.6 Å². The first-order valence-corrected chi connectivity index (χ1v) is 9.98. The highest BCUT2D eigenvalue weighted by Crippen LogP contribution is 2.24. The molecule has 6 nitrogen and oxygen atoms in total. The van der Waals surface area contributed by atoms with Crippen LogP contribution in [0.2, 0.25) is 5.15 Å². The molecule has 8 heteroatoms. The molecule has 3 rings (SSSR count). The number of amides is 1. The van der Waals surface area contributed by atoms with Gasteiger partial charge in [-0.05, 0) is 49.2 Å². The van der Waals surface area contributed by atoms with E-state index in [0.29, 0.717) is 29.4 Å². The molecule has 0 saturated carbocycles. The highest BCUT2D eigenvalue weighted by atomic mass is 35.5. The number of nitrogens with zero attached hydrogens (tertiary/aromatic N) is 2. The van der Waals surface area contributed by atoms with Crippen LogP contribution in [-0.2, 0) is 20.7 Å². The average Bonchev–Trinajstić information content (AvgIpc) is 3.06. The number of rotatable bonds is 8. The Kier molecular flexibility index (Phi) is 7.56. The van der Waals surface area contributed by atoms with Gasteiger partial charge in [-0.15, -0.1) is 0 Å². The van der Waals surface area contributed by atoms with Gasteiger partial charge >= 0.3 is 5.97 Å². The molecule has 0 unspecified atom stereocenters. The summed E-state index contributed by atoms with van der Waals surface area (Å²) < 4.78 is 19.4. The second-order valence-corrected chi connectivity index (χ2v) is 7.06. The van der Waals surface area contributed by atoms with Crippen molar-refractivity contribution in [3.63, 3.8) is 0 Å². The van der Waals surface area contributed by atoms with Crippen molar-refractivity contribution >= 4 is 29.6 Å². The number of aromatic nitrogens is 2. The standard InChI is InChI=1S/C23H21ClFN3O3/c1-16-20(23(24)28(27-16)19-5-3-2-4-6-19)11-12-22(30)31-15-21(29)26-14-13-17-7-9-18(25)10-8-17/h2-12H,13-15H2,1H3,(H,26,29)/b12-11+. The van der Waals surface area contributed by atoms with Gasteiger partial charge < -0.3 is 10.1 Å². The van der Waals surface area contributed by atoms with Gasteiger partial charge in [0.2, 0.25) is 0 Å². The lowest BCUT2D eigenvalue weighted by Gasteiger charge is -2.05. The van der Waals surface area contributed by atoms with E-state index in [4.69, 9.17) is 16.3 Å². The van der Waals surface area contributed by atoms with E-state index in [2.05, 4.69) is 10.4 Å². The smallest absolute Gasteiger partial charge is 0.331 e. The maximum Gasteiger partial charge on any atom is 0.331 e. The molecule has 3 aromatic rings. The number of para-hydroxylation sites is 1. The Morgan fingerprint density at radius 1 is 1.16 bits per heavy atom. The van der Waals surface area contributed by atoms with Gasteiger partial charge in [0.25, 0.3) is 5.91 Å². The van der Waals surface area contributed by atoms with E-state index in [1.165, 1.54) is 24.3 Å². The Morgan fingerprint density at radius 2 is 1.87 bits per heavy atom. The number of hydrogen-bond acceptors (Lipinski definition) is 4. The highest BCUT2D eigenvalue weighted by molar-refractivity contribution is 6.31. The lowest BCUT2D eigenvalue weighted by Crippen LogP contribution is -2.30. The number of hydrogen-bond donors (Lipinski definition) is 1. The Hall–Kier alpha value is -3.45. The quantitative estimate of drug-likeness (QED) is 0.425. The van der Waals surface area contributed by atoms with E-state index >= 15 is 0 Å². The van der Waals surface area contributed by atoms with Gasteiger partial charge in [-0.1, -0.05) is 41.9 Å². The summed E-state index contributed by atoms with van der Waals surface area (Å²) in [6.07, 6.45) is 3.26. The molecule has 0 radical (unpaired) electrons. The fourth-order valence-corrected chi connectivity index (χ4v) is 3.16. The number of carbonyl (C=O) groups is 2. The third-order valence-corrected chi connectivity index (χ3v) is 4.79. The molecule has 0 aliphatic heterocycles. The van der Waals surface area contributed by atoms with Crippen LogP contribution in [0.25, 0.3) is 11.8 Å². The SMILES string of the molecule is Cc1nn(-c2ccccc2)c(Cl)c1/C=C/C(=O)OCC(=O)NCCc1ccc(F)cc1. The first-order valence-electron chi connectivity index (χ1n) is 9.60. The van der Waals surface area contributed by atoms with Crippen LogP contribution in [0.1, 0.15) is 16.8 Å². The van der Waals surface area contributed by atoms with E-state index in [0.717, 1.165) is 11.3 Å². The van der Waals surface area contributed by atoms with Crippen LogP contribution in [0, 0.1) is 12.7 Å². The van der Waals surface area contributed by atoms with Gasteiger partial charge in [0.05, 0.1) is 11.4 Å². The normalized spacial score (nSPS) is 10.9. The van der Waals surface area contributed by atoms with E-state index in [1.54, 1.807) is 23.7 Å². The molecular formula is C23H21ClFN3O3. The zero-order chi connectivity index (χ0) is 22.2. The van der Waals surface area contributed by atoms with Crippen molar-refractivity contribution in [1.82, 2.24) is 15.1 Å². The maximum atomic E-state index is 12.9. The number of ether oxygens (including phenoxy) is 1. The summed E-state index contributed by atoms with van der Waals surface area (Å²) in [7, 11) is 0. The molecular weight excluding hydrogens is 421 g/mol. The number of nitrogens with one attached hydrogen (secondary N) is 1. The number of esters is 1. The van der Waals surface area contributed by atoms with E-state index in [-0.39, 0.29) is 5.82 Å². The molecule has 1 N–H and O–H groups in total. The number of carbonyl (C=O) groups excluding carboxylic acids is 2. The summed E-state index contributed by atoms with van der Waals surface area (Å²) in [6, 6.07) is 15.4. The lowest BCUT2D eigenvalue weighted by molar-refractivity contribution is -0.143. The first-order chi connectivity index (χ1) is 14.9. The Balaban J connectivity index is 1.47. The number of benzene rings is 2. The van der Waals surface area contributed by atoms with Gasteiger partial charge in [0, 0.05) is 18.2 Å².